The number of nitrogens with zero attached hydrogens (tertiary/aromatic N) is 1. The second kappa shape index (κ2) is 16.0. The Hall–Kier alpha value is -2.58. The second-order valence-electron chi connectivity index (χ2n) is 12.1. The molecule has 3 rings (SSSR count). The second-order valence-corrected chi connectivity index (χ2v) is 15.2. The first-order valence-electron chi connectivity index (χ1n) is 15.0. The zero-order valence-electron chi connectivity index (χ0n) is 26.3. The maximum atomic E-state index is 14.3. The van der Waals surface area contributed by atoms with Gasteiger partial charge in [-0.1, -0.05) is 30.1 Å². The minimum Gasteiger partial charge on any atom is -0.444 e. The van der Waals surface area contributed by atoms with Crippen molar-refractivity contribution in [1.29, 1.82) is 0 Å². The van der Waals surface area contributed by atoms with Crippen LogP contribution < -0.4 is 16.0 Å². The summed E-state index contributed by atoms with van der Waals surface area (Å²) in [7, 11) is -3.64. The number of halogens is 5. The summed E-state index contributed by atoms with van der Waals surface area (Å²) in [4.78, 5) is 26.6. The predicted octanol–water partition coefficient (Wildman–Crippen LogP) is 6.20. The summed E-state index contributed by atoms with van der Waals surface area (Å²) in [6.07, 6.45) is -3.00. The third-order valence-electron chi connectivity index (χ3n) is 7.28. The molecule has 1 saturated heterocycles. The summed E-state index contributed by atoms with van der Waals surface area (Å²) >= 11 is 12.4. The SMILES string of the molecule is CCS(=O)(=O)c1ccc(Cl)cc1CNC(=O)c1cc(Cl)c(CN2CCC[C@H](NCCCNC(=O)OC(C)(C)C)C2)c(C(F)(F)F)c1. The molecule has 2 amide bonds. The van der Waals surface area contributed by atoms with E-state index in [1.165, 1.54) is 31.2 Å². The highest BCUT2D eigenvalue weighted by atomic mass is 35.5. The molecule has 0 spiro atoms. The molecular formula is C31H41Cl2F3N4O5S. The van der Waals surface area contributed by atoms with E-state index in [0.717, 1.165) is 18.9 Å². The molecule has 15 heteroatoms. The average Bonchev–Trinajstić information content (AvgIpc) is 2.95. The van der Waals surface area contributed by atoms with Crippen molar-refractivity contribution in [2.24, 2.45) is 0 Å². The molecule has 0 bridgehead atoms. The number of likely N-dealkylation sites (tertiary alicyclic amines) is 1. The van der Waals surface area contributed by atoms with Gasteiger partial charge in [0.05, 0.1) is 16.2 Å². The fraction of sp³-hybridized carbons (Fsp3) is 0.548. The molecule has 1 fully saturated rings. The number of hydrogen-bond donors (Lipinski definition) is 3. The molecule has 1 aliphatic rings. The number of hydrogen-bond acceptors (Lipinski definition) is 7. The minimum absolute atomic E-state index is 0.0177. The maximum absolute atomic E-state index is 14.3. The van der Waals surface area contributed by atoms with Gasteiger partial charge in [0.15, 0.2) is 9.84 Å². The maximum Gasteiger partial charge on any atom is 0.416 e. The van der Waals surface area contributed by atoms with Gasteiger partial charge in [0.25, 0.3) is 5.91 Å². The number of rotatable bonds is 12. The third kappa shape index (κ3) is 11.3. The lowest BCUT2D eigenvalue weighted by atomic mass is 9.99. The van der Waals surface area contributed by atoms with Gasteiger partial charge in [-0.15, -0.1) is 0 Å². The van der Waals surface area contributed by atoms with Gasteiger partial charge in [-0.25, -0.2) is 13.2 Å². The van der Waals surface area contributed by atoms with E-state index in [1.807, 2.05) is 4.90 Å². The van der Waals surface area contributed by atoms with Crippen LogP contribution in [0.3, 0.4) is 0 Å². The van der Waals surface area contributed by atoms with E-state index in [0.29, 0.717) is 32.6 Å². The van der Waals surface area contributed by atoms with Crippen LogP contribution in [0.15, 0.2) is 35.2 Å². The summed E-state index contributed by atoms with van der Waals surface area (Å²) in [6.45, 7) is 8.59. The summed E-state index contributed by atoms with van der Waals surface area (Å²) in [6, 6.07) is 6.15. The highest BCUT2D eigenvalue weighted by Gasteiger charge is 2.36. The number of alkyl carbamates (subject to hydrolysis) is 1. The van der Waals surface area contributed by atoms with Crippen molar-refractivity contribution >= 4 is 45.0 Å². The minimum atomic E-state index is -4.78. The number of nitrogens with one attached hydrogen (secondary N) is 3. The molecule has 0 unspecified atom stereocenters. The van der Waals surface area contributed by atoms with E-state index in [2.05, 4.69) is 16.0 Å². The fourth-order valence-electron chi connectivity index (χ4n) is 5.09. The molecule has 0 aromatic heterocycles. The van der Waals surface area contributed by atoms with Crippen molar-refractivity contribution in [1.82, 2.24) is 20.9 Å². The molecule has 0 saturated carbocycles. The zero-order chi connectivity index (χ0) is 34.3. The van der Waals surface area contributed by atoms with E-state index in [4.69, 9.17) is 27.9 Å². The van der Waals surface area contributed by atoms with E-state index in [-0.39, 0.29) is 56.5 Å². The molecule has 9 nitrogen and oxygen atoms in total. The zero-order valence-corrected chi connectivity index (χ0v) is 28.7. The third-order valence-corrected chi connectivity index (χ3v) is 9.68. The van der Waals surface area contributed by atoms with Crippen LogP contribution in [-0.2, 0) is 33.8 Å². The highest BCUT2D eigenvalue weighted by Crippen LogP contribution is 2.37. The normalized spacial score (nSPS) is 16.2. The fourth-order valence-corrected chi connectivity index (χ4v) is 6.68. The Labute approximate surface area is 278 Å². The Balaban J connectivity index is 1.65. The van der Waals surface area contributed by atoms with Gasteiger partial charge >= 0.3 is 12.3 Å². The Morgan fingerprint density at radius 1 is 1.07 bits per heavy atom. The van der Waals surface area contributed by atoms with Crippen molar-refractivity contribution in [2.75, 3.05) is 31.9 Å². The smallest absolute Gasteiger partial charge is 0.416 e. The molecule has 46 heavy (non-hydrogen) atoms. The van der Waals surface area contributed by atoms with Crippen LogP contribution in [0.25, 0.3) is 0 Å². The number of piperidine rings is 1. The Bertz CT molecular complexity index is 1500. The Morgan fingerprint density at radius 3 is 2.43 bits per heavy atom. The van der Waals surface area contributed by atoms with Crippen molar-refractivity contribution < 1.29 is 35.9 Å². The first-order valence-corrected chi connectivity index (χ1v) is 17.4. The molecular weight excluding hydrogens is 668 g/mol. The van der Waals surface area contributed by atoms with Crippen LogP contribution in [0.5, 0.6) is 0 Å². The summed E-state index contributed by atoms with van der Waals surface area (Å²) in [5, 5.41) is 8.65. The largest absolute Gasteiger partial charge is 0.444 e. The quantitative estimate of drug-likeness (QED) is 0.225. The Kier molecular flexibility index (Phi) is 13.2. The number of alkyl halides is 3. The van der Waals surface area contributed by atoms with Crippen LogP contribution >= 0.6 is 23.2 Å². The molecule has 2 aromatic rings. The highest BCUT2D eigenvalue weighted by molar-refractivity contribution is 7.91. The van der Waals surface area contributed by atoms with E-state index in [1.54, 1.807) is 20.8 Å². The lowest BCUT2D eigenvalue weighted by molar-refractivity contribution is -0.138. The molecule has 2 aromatic carbocycles. The van der Waals surface area contributed by atoms with Crippen LogP contribution in [0, 0.1) is 0 Å². The van der Waals surface area contributed by atoms with Gasteiger partial charge in [0.1, 0.15) is 5.60 Å². The number of carbonyl (C=O) groups is 2. The number of amides is 2. The molecule has 0 aliphatic carbocycles. The van der Waals surface area contributed by atoms with E-state index in [9.17, 15) is 31.2 Å². The van der Waals surface area contributed by atoms with Crippen LogP contribution in [0.2, 0.25) is 10.0 Å². The number of benzene rings is 2. The molecule has 3 N–H and O–H groups in total. The van der Waals surface area contributed by atoms with Crippen LogP contribution in [-0.4, -0.2) is 68.9 Å². The van der Waals surface area contributed by atoms with Crippen LogP contribution in [0.1, 0.15) is 74.0 Å². The Morgan fingerprint density at radius 2 is 1.78 bits per heavy atom. The van der Waals surface area contributed by atoms with Gasteiger partial charge < -0.3 is 20.7 Å². The van der Waals surface area contributed by atoms with Gasteiger partial charge in [0.2, 0.25) is 0 Å². The monoisotopic (exact) mass is 708 g/mol. The molecule has 1 heterocycles. The standard InChI is InChI=1S/C31H41Cl2F3N4O5S/c1-5-46(43,44)27-10-9-22(32)14-21(27)17-39-28(41)20-15-25(31(34,35)36)24(26(33)16-20)19-40-13-6-8-23(18-40)37-11-7-12-38-29(42)45-30(2,3)4/h9-10,14-16,23,37H,5-8,11-13,17-19H2,1-4H3,(H,38,42)(H,39,41)/t23-/m0/s1. The predicted molar refractivity (Wildman–Crippen MR) is 172 cm³/mol. The van der Waals surface area contributed by atoms with Crippen molar-refractivity contribution in [3.8, 4) is 0 Å². The first kappa shape index (κ1) is 37.9. The number of sulfone groups is 1. The summed E-state index contributed by atoms with van der Waals surface area (Å²) in [5.41, 5.74) is -1.81. The number of ether oxygens (including phenoxy) is 1. The van der Waals surface area contributed by atoms with Gasteiger partial charge in [-0.3, -0.25) is 9.69 Å². The topological polar surface area (TPSA) is 117 Å². The lowest BCUT2D eigenvalue weighted by Crippen LogP contribution is -2.46. The molecule has 1 aliphatic heterocycles. The molecule has 1 atom stereocenters. The van der Waals surface area contributed by atoms with Crippen molar-refractivity contribution in [2.45, 2.75) is 82.8 Å². The van der Waals surface area contributed by atoms with Gasteiger partial charge in [-0.2, -0.15) is 13.2 Å². The molecule has 0 radical (unpaired) electrons. The average molecular weight is 710 g/mol. The van der Waals surface area contributed by atoms with E-state index >= 15 is 0 Å². The van der Waals surface area contributed by atoms with Crippen molar-refractivity contribution in [3.63, 3.8) is 0 Å². The van der Waals surface area contributed by atoms with Gasteiger partial charge in [0, 0.05) is 47.8 Å². The molecule has 256 valence electrons. The first-order chi connectivity index (χ1) is 21.4. The van der Waals surface area contributed by atoms with Gasteiger partial charge in [-0.05, 0) is 94.6 Å². The lowest BCUT2D eigenvalue weighted by Gasteiger charge is -2.34. The van der Waals surface area contributed by atoms with E-state index < -0.39 is 39.2 Å². The summed E-state index contributed by atoms with van der Waals surface area (Å²) < 4.78 is 73.0. The van der Waals surface area contributed by atoms with Crippen molar-refractivity contribution in [3.05, 3.63) is 62.6 Å². The number of carbonyl (C=O) groups excluding carboxylic acids is 2. The van der Waals surface area contributed by atoms with Crippen LogP contribution in [0.4, 0.5) is 18.0 Å². The summed E-state index contributed by atoms with van der Waals surface area (Å²) in [5.74, 6) is -1.02.